The zero-order chi connectivity index (χ0) is 13.2. The number of rotatable bonds is 3. The highest BCUT2D eigenvalue weighted by molar-refractivity contribution is 9.10. The Morgan fingerprint density at radius 2 is 1.95 bits per heavy atom. The molecular formula is C16H13BrO2. The Hall–Kier alpha value is -1.61. The van der Waals surface area contributed by atoms with Crippen LogP contribution in [0.2, 0.25) is 0 Å². The van der Waals surface area contributed by atoms with Crippen molar-refractivity contribution in [2.45, 2.75) is 12.8 Å². The number of Topliss-reactive ketones (excluding diaryl/α,β-unsaturated/α-hetero) is 1. The van der Waals surface area contributed by atoms with Crippen LogP contribution >= 0.6 is 15.9 Å². The molecule has 0 spiro atoms. The van der Waals surface area contributed by atoms with Crippen LogP contribution in [-0.4, -0.2) is 12.4 Å². The van der Waals surface area contributed by atoms with E-state index in [1.54, 1.807) is 0 Å². The van der Waals surface area contributed by atoms with E-state index in [0.717, 1.165) is 27.8 Å². The Labute approximate surface area is 120 Å². The van der Waals surface area contributed by atoms with Crippen molar-refractivity contribution in [1.82, 2.24) is 0 Å². The second kappa shape index (κ2) is 5.17. The van der Waals surface area contributed by atoms with Crippen LogP contribution in [0.1, 0.15) is 21.5 Å². The van der Waals surface area contributed by atoms with Crippen LogP contribution in [0.3, 0.4) is 0 Å². The number of hydrogen-bond donors (Lipinski definition) is 0. The average Bonchev–Trinajstić information content (AvgIpc) is 2.89. The second-order valence-electron chi connectivity index (χ2n) is 4.62. The first-order valence-corrected chi connectivity index (χ1v) is 7.05. The molecule has 0 N–H and O–H groups in total. The molecule has 1 aliphatic rings. The largest absolute Gasteiger partial charge is 0.492 e. The highest BCUT2D eigenvalue weighted by Gasteiger charge is 2.20. The van der Waals surface area contributed by atoms with Crippen molar-refractivity contribution in [3.8, 4) is 5.75 Å². The molecule has 1 aliphatic heterocycles. The standard InChI is InChI=1S/C16H13BrO2/c17-13-6-4-11(5-7-13)10-15(18)14-3-1-2-12-8-9-19-16(12)14/h1-7H,8-10H2. The number of halogens is 1. The van der Waals surface area contributed by atoms with Crippen molar-refractivity contribution in [2.75, 3.05) is 6.61 Å². The molecule has 0 amide bonds. The molecular weight excluding hydrogens is 304 g/mol. The molecule has 0 bridgehead atoms. The summed E-state index contributed by atoms with van der Waals surface area (Å²) in [4.78, 5) is 12.4. The molecule has 0 fully saturated rings. The molecule has 2 nitrogen and oxygen atoms in total. The quantitative estimate of drug-likeness (QED) is 0.805. The van der Waals surface area contributed by atoms with Gasteiger partial charge in [-0.1, -0.05) is 40.2 Å². The first kappa shape index (κ1) is 12.4. The smallest absolute Gasteiger partial charge is 0.170 e. The van der Waals surface area contributed by atoms with Crippen molar-refractivity contribution in [3.63, 3.8) is 0 Å². The summed E-state index contributed by atoms with van der Waals surface area (Å²) in [5, 5.41) is 0. The lowest BCUT2D eigenvalue weighted by Gasteiger charge is -2.07. The summed E-state index contributed by atoms with van der Waals surface area (Å²) < 4.78 is 6.60. The molecule has 3 rings (SSSR count). The fourth-order valence-electron chi connectivity index (χ4n) is 2.32. The van der Waals surface area contributed by atoms with Crippen molar-refractivity contribution in [3.05, 3.63) is 63.6 Å². The Bertz CT molecular complexity index is 617. The molecule has 2 aromatic rings. The van der Waals surface area contributed by atoms with E-state index < -0.39 is 0 Å². The first-order valence-electron chi connectivity index (χ1n) is 6.26. The lowest BCUT2D eigenvalue weighted by atomic mass is 10.00. The third-order valence-electron chi connectivity index (χ3n) is 3.29. The van der Waals surface area contributed by atoms with Crippen LogP contribution in [0.5, 0.6) is 5.75 Å². The number of carbonyl (C=O) groups is 1. The topological polar surface area (TPSA) is 26.3 Å². The normalized spacial score (nSPS) is 12.9. The lowest BCUT2D eigenvalue weighted by Crippen LogP contribution is -2.05. The molecule has 19 heavy (non-hydrogen) atoms. The molecule has 2 aromatic carbocycles. The Kier molecular flexibility index (Phi) is 3.38. The monoisotopic (exact) mass is 316 g/mol. The summed E-state index contributed by atoms with van der Waals surface area (Å²) in [6, 6.07) is 13.6. The fourth-order valence-corrected chi connectivity index (χ4v) is 2.58. The minimum absolute atomic E-state index is 0.112. The highest BCUT2D eigenvalue weighted by Crippen LogP contribution is 2.30. The third kappa shape index (κ3) is 2.56. The second-order valence-corrected chi connectivity index (χ2v) is 5.53. The Morgan fingerprint density at radius 1 is 1.16 bits per heavy atom. The van der Waals surface area contributed by atoms with Gasteiger partial charge in [0.05, 0.1) is 12.2 Å². The molecule has 1 heterocycles. The summed E-state index contributed by atoms with van der Waals surface area (Å²) in [6.07, 6.45) is 1.31. The van der Waals surface area contributed by atoms with Gasteiger partial charge in [0.15, 0.2) is 5.78 Å². The molecule has 0 unspecified atom stereocenters. The van der Waals surface area contributed by atoms with E-state index >= 15 is 0 Å². The lowest BCUT2D eigenvalue weighted by molar-refractivity contribution is 0.0990. The molecule has 0 atom stereocenters. The number of hydrogen-bond acceptors (Lipinski definition) is 2. The average molecular weight is 317 g/mol. The van der Waals surface area contributed by atoms with Gasteiger partial charge < -0.3 is 4.74 Å². The number of benzene rings is 2. The van der Waals surface area contributed by atoms with Crippen molar-refractivity contribution < 1.29 is 9.53 Å². The van der Waals surface area contributed by atoms with Gasteiger partial charge in [0.2, 0.25) is 0 Å². The van der Waals surface area contributed by atoms with Gasteiger partial charge in [-0.25, -0.2) is 0 Å². The van der Waals surface area contributed by atoms with Gasteiger partial charge in [0.25, 0.3) is 0 Å². The molecule has 0 aliphatic carbocycles. The summed E-state index contributed by atoms with van der Waals surface area (Å²) in [7, 11) is 0. The van der Waals surface area contributed by atoms with E-state index in [4.69, 9.17) is 4.74 Å². The summed E-state index contributed by atoms with van der Waals surface area (Å²) in [6.45, 7) is 0.678. The number of ether oxygens (including phenoxy) is 1. The van der Waals surface area contributed by atoms with Crippen LogP contribution in [0.25, 0.3) is 0 Å². The molecule has 0 aromatic heterocycles. The Balaban J connectivity index is 1.85. The molecule has 96 valence electrons. The predicted octanol–water partition coefficient (Wildman–Crippen LogP) is 3.81. The molecule has 0 radical (unpaired) electrons. The van der Waals surface area contributed by atoms with Crippen LogP contribution in [-0.2, 0) is 12.8 Å². The van der Waals surface area contributed by atoms with Crippen LogP contribution in [0.4, 0.5) is 0 Å². The zero-order valence-corrected chi connectivity index (χ0v) is 11.9. The van der Waals surface area contributed by atoms with Gasteiger partial charge in [-0.3, -0.25) is 4.79 Å². The summed E-state index contributed by atoms with van der Waals surface area (Å²) in [5.74, 6) is 0.894. The number of carbonyl (C=O) groups excluding carboxylic acids is 1. The fraction of sp³-hybridized carbons (Fsp3) is 0.188. The van der Waals surface area contributed by atoms with E-state index in [1.165, 1.54) is 0 Å². The molecule has 0 saturated carbocycles. The summed E-state index contributed by atoms with van der Waals surface area (Å²) in [5.41, 5.74) is 2.86. The Morgan fingerprint density at radius 3 is 2.74 bits per heavy atom. The minimum Gasteiger partial charge on any atom is -0.492 e. The van der Waals surface area contributed by atoms with Gasteiger partial charge in [-0.2, -0.15) is 0 Å². The van der Waals surface area contributed by atoms with Gasteiger partial charge in [0, 0.05) is 17.3 Å². The van der Waals surface area contributed by atoms with Crippen LogP contribution in [0, 0.1) is 0 Å². The van der Waals surface area contributed by atoms with E-state index in [-0.39, 0.29) is 5.78 Å². The number of fused-ring (bicyclic) bond motifs is 1. The predicted molar refractivity (Wildman–Crippen MR) is 77.8 cm³/mol. The number of para-hydroxylation sites is 1. The van der Waals surface area contributed by atoms with E-state index in [0.29, 0.717) is 18.6 Å². The van der Waals surface area contributed by atoms with Gasteiger partial charge >= 0.3 is 0 Å². The van der Waals surface area contributed by atoms with Crippen LogP contribution in [0.15, 0.2) is 46.9 Å². The van der Waals surface area contributed by atoms with Gasteiger partial charge in [0.1, 0.15) is 5.75 Å². The van der Waals surface area contributed by atoms with Gasteiger partial charge in [-0.05, 0) is 29.3 Å². The third-order valence-corrected chi connectivity index (χ3v) is 3.82. The van der Waals surface area contributed by atoms with Gasteiger partial charge in [-0.15, -0.1) is 0 Å². The number of ketones is 1. The molecule has 3 heteroatoms. The highest BCUT2D eigenvalue weighted by atomic mass is 79.9. The van der Waals surface area contributed by atoms with Crippen molar-refractivity contribution >= 4 is 21.7 Å². The maximum atomic E-state index is 12.4. The van der Waals surface area contributed by atoms with E-state index in [9.17, 15) is 4.79 Å². The zero-order valence-electron chi connectivity index (χ0n) is 10.4. The summed E-state index contributed by atoms with van der Waals surface area (Å²) >= 11 is 3.39. The maximum Gasteiger partial charge on any atom is 0.170 e. The van der Waals surface area contributed by atoms with E-state index in [1.807, 2.05) is 42.5 Å². The maximum absolute atomic E-state index is 12.4. The SMILES string of the molecule is O=C(Cc1ccc(Br)cc1)c1cccc2c1OCC2. The van der Waals surface area contributed by atoms with E-state index in [2.05, 4.69) is 15.9 Å². The van der Waals surface area contributed by atoms with Crippen LogP contribution < -0.4 is 4.74 Å². The minimum atomic E-state index is 0.112. The first-order chi connectivity index (χ1) is 9.24. The molecule has 0 saturated heterocycles. The van der Waals surface area contributed by atoms with Crippen molar-refractivity contribution in [1.29, 1.82) is 0 Å². The van der Waals surface area contributed by atoms with Crippen molar-refractivity contribution in [2.24, 2.45) is 0 Å².